The highest BCUT2D eigenvalue weighted by Gasteiger charge is 2.27. The number of quaternary nitrogens is 1. The van der Waals surface area contributed by atoms with Crippen molar-refractivity contribution in [1.29, 1.82) is 0 Å². The van der Waals surface area contributed by atoms with Gasteiger partial charge in [0.2, 0.25) is 0 Å². The highest BCUT2D eigenvalue weighted by atomic mass is 35.5. The summed E-state index contributed by atoms with van der Waals surface area (Å²) < 4.78 is 0. The number of unbranched alkanes of at least 4 members (excludes halogenated alkanes) is 36. The van der Waals surface area contributed by atoms with E-state index in [2.05, 4.69) is 27.9 Å². The molecule has 0 aromatic rings. The van der Waals surface area contributed by atoms with E-state index >= 15 is 0 Å². The predicted molar refractivity (Wildman–Crippen MR) is 227 cm³/mol. The van der Waals surface area contributed by atoms with Gasteiger partial charge >= 0.3 is 0 Å². The van der Waals surface area contributed by atoms with Gasteiger partial charge < -0.3 is 17.3 Å². The minimum absolute atomic E-state index is 0. The normalized spacial score (nSPS) is 11.5. The molecule has 3 nitrogen and oxygen atoms in total. The lowest BCUT2D eigenvalue weighted by atomic mass is 9.91. The van der Waals surface area contributed by atoms with Crippen LogP contribution < -0.4 is 17.3 Å². The van der Waals surface area contributed by atoms with Crippen molar-refractivity contribution in [2.75, 3.05) is 20.6 Å². The second-order valence-electron chi connectivity index (χ2n) is 17.1. The molecule has 0 atom stereocenters. The molecule has 0 aromatic carbocycles. The van der Waals surface area contributed by atoms with Crippen LogP contribution in [0.15, 0.2) is 0 Å². The summed E-state index contributed by atoms with van der Waals surface area (Å²) in [6.07, 6.45) is 53.0. The summed E-state index contributed by atoms with van der Waals surface area (Å²) in [5, 5.41) is 0. The van der Waals surface area contributed by atoms with E-state index in [-0.39, 0.29) is 29.9 Å². The van der Waals surface area contributed by atoms with Crippen molar-refractivity contribution < 1.29 is 26.9 Å². The van der Waals surface area contributed by atoms with Gasteiger partial charge in [0.15, 0.2) is 0 Å². The number of carbonyl (C=O) groups excluding carboxylic acids is 2. The second kappa shape index (κ2) is 45.0. The van der Waals surface area contributed by atoms with Crippen molar-refractivity contribution in [2.24, 2.45) is 5.92 Å². The molecule has 52 heavy (non-hydrogen) atoms. The molecule has 0 saturated carbocycles. The molecular formula is C48H96ClNO2. The number of hydrogen-bond donors (Lipinski definition) is 1. The fourth-order valence-electron chi connectivity index (χ4n) is 7.92. The molecule has 0 radical (unpaired) electrons. The molecule has 0 fully saturated rings. The van der Waals surface area contributed by atoms with Crippen LogP contribution in [-0.2, 0) is 9.59 Å². The third-order valence-corrected chi connectivity index (χ3v) is 11.4. The van der Waals surface area contributed by atoms with Crippen LogP contribution in [0, 0.1) is 5.92 Å². The maximum absolute atomic E-state index is 13.1. The summed E-state index contributed by atoms with van der Waals surface area (Å²) in [5.74, 6) is 0.0538. The van der Waals surface area contributed by atoms with E-state index < -0.39 is 0 Å². The Morgan fingerprint density at radius 1 is 0.327 bits per heavy atom. The zero-order valence-corrected chi connectivity index (χ0v) is 37.0. The van der Waals surface area contributed by atoms with Gasteiger partial charge in [-0.3, -0.25) is 9.59 Å². The smallest absolute Gasteiger partial charge is 0.149 e. The third-order valence-electron chi connectivity index (χ3n) is 11.4. The molecule has 0 rings (SSSR count). The maximum Gasteiger partial charge on any atom is 0.149 e. The number of ketones is 2. The lowest BCUT2D eigenvalue weighted by Gasteiger charge is -2.17. The monoisotopic (exact) mass is 754 g/mol. The van der Waals surface area contributed by atoms with Gasteiger partial charge in [0.1, 0.15) is 17.5 Å². The largest absolute Gasteiger partial charge is 1.00 e. The number of rotatable bonds is 44. The summed E-state index contributed by atoms with van der Waals surface area (Å²) in [4.78, 5) is 27.3. The van der Waals surface area contributed by atoms with Crippen LogP contribution in [0.4, 0.5) is 0 Å². The van der Waals surface area contributed by atoms with Crippen LogP contribution in [0.2, 0.25) is 0 Å². The van der Waals surface area contributed by atoms with Gasteiger partial charge in [-0.05, 0) is 12.8 Å². The van der Waals surface area contributed by atoms with E-state index in [4.69, 9.17) is 0 Å². The first kappa shape index (κ1) is 53.7. The highest BCUT2D eigenvalue weighted by molar-refractivity contribution is 6.02. The predicted octanol–water partition coefficient (Wildman–Crippen LogP) is 11.5. The molecule has 0 aromatic heterocycles. The van der Waals surface area contributed by atoms with Crippen molar-refractivity contribution in [3.8, 4) is 0 Å². The van der Waals surface area contributed by atoms with Crippen molar-refractivity contribution in [3.05, 3.63) is 0 Å². The van der Waals surface area contributed by atoms with Crippen molar-refractivity contribution in [1.82, 2.24) is 0 Å². The number of carbonyl (C=O) groups is 2. The van der Waals surface area contributed by atoms with E-state index in [0.29, 0.717) is 19.4 Å². The third kappa shape index (κ3) is 40.8. The summed E-state index contributed by atoms with van der Waals surface area (Å²) in [6, 6.07) is 0. The zero-order valence-electron chi connectivity index (χ0n) is 36.3. The first-order chi connectivity index (χ1) is 25.0. The maximum atomic E-state index is 13.1. The number of nitrogens with one attached hydrogen (secondary N) is 1. The SMILES string of the molecule is CCCCCCCCCCCCCCCCCCCCCC(=O)C(C[NH+](C)C)C(=O)CCCCCCCCCCCCCCCCCCCCC.[Cl-]. The van der Waals surface area contributed by atoms with Crippen LogP contribution in [0.3, 0.4) is 0 Å². The molecule has 0 spiro atoms. The van der Waals surface area contributed by atoms with Crippen LogP contribution >= 0.6 is 0 Å². The molecule has 0 aliphatic heterocycles. The fourth-order valence-corrected chi connectivity index (χ4v) is 7.92. The Balaban J connectivity index is 0. The number of halogens is 1. The highest BCUT2D eigenvalue weighted by Crippen LogP contribution is 2.18. The minimum Gasteiger partial charge on any atom is -1.00 e. The number of Topliss-reactive ketones (excluding diaryl/α,β-unsaturated/α-hetero) is 2. The average molecular weight is 755 g/mol. The molecule has 0 bridgehead atoms. The molecule has 0 saturated heterocycles. The van der Waals surface area contributed by atoms with Gasteiger partial charge in [0, 0.05) is 12.8 Å². The first-order valence-corrected chi connectivity index (χ1v) is 23.9. The molecule has 0 aliphatic carbocycles. The summed E-state index contributed by atoms with van der Waals surface area (Å²) in [5.41, 5.74) is 0. The minimum atomic E-state index is -0.374. The Kier molecular flexibility index (Phi) is 46.4. The standard InChI is InChI=1S/C48H95NO2.ClH/c1-5-7-9-11-13-15-17-19-21-23-25-27-29-31-33-35-37-39-41-43-47(50)46(45-49(3)4)48(51)44-42-40-38-36-34-32-30-28-26-24-22-20-18-16-14-12-10-8-6-2;/h46H,5-45H2,1-4H3;1H. The quantitative estimate of drug-likeness (QED) is 0.0497. The van der Waals surface area contributed by atoms with Gasteiger partial charge in [-0.15, -0.1) is 0 Å². The van der Waals surface area contributed by atoms with Gasteiger partial charge in [0.05, 0.1) is 20.6 Å². The van der Waals surface area contributed by atoms with Gasteiger partial charge in [-0.2, -0.15) is 0 Å². The molecule has 0 amide bonds. The molecule has 312 valence electrons. The van der Waals surface area contributed by atoms with Gasteiger partial charge in [-0.1, -0.05) is 245 Å². The zero-order chi connectivity index (χ0) is 37.3. The average Bonchev–Trinajstić information content (AvgIpc) is 3.12. The molecule has 0 aliphatic rings. The van der Waals surface area contributed by atoms with E-state index in [1.54, 1.807) is 0 Å². The molecule has 0 unspecified atom stereocenters. The van der Waals surface area contributed by atoms with Crippen LogP contribution in [0.1, 0.15) is 271 Å². The Hall–Kier alpha value is -0.410. The fraction of sp³-hybridized carbons (Fsp3) is 0.958. The van der Waals surface area contributed by atoms with E-state index in [1.165, 1.54) is 223 Å². The lowest BCUT2D eigenvalue weighted by Crippen LogP contribution is -3.06. The van der Waals surface area contributed by atoms with Gasteiger partial charge in [-0.25, -0.2) is 0 Å². The van der Waals surface area contributed by atoms with E-state index in [0.717, 1.165) is 25.7 Å². The van der Waals surface area contributed by atoms with Crippen molar-refractivity contribution in [3.63, 3.8) is 0 Å². The summed E-state index contributed by atoms with van der Waals surface area (Å²) >= 11 is 0. The lowest BCUT2D eigenvalue weighted by molar-refractivity contribution is -0.859. The van der Waals surface area contributed by atoms with E-state index in [1.807, 2.05) is 0 Å². The number of hydrogen-bond acceptors (Lipinski definition) is 2. The van der Waals surface area contributed by atoms with Crippen LogP contribution in [-0.4, -0.2) is 32.2 Å². The van der Waals surface area contributed by atoms with Crippen molar-refractivity contribution in [2.45, 2.75) is 271 Å². The van der Waals surface area contributed by atoms with Crippen molar-refractivity contribution >= 4 is 11.6 Å². The molecule has 1 N–H and O–H groups in total. The van der Waals surface area contributed by atoms with Crippen LogP contribution in [0.5, 0.6) is 0 Å². The molecule has 0 heterocycles. The van der Waals surface area contributed by atoms with E-state index in [9.17, 15) is 9.59 Å². The molecule has 4 heteroatoms. The Labute approximate surface area is 334 Å². The topological polar surface area (TPSA) is 38.6 Å². The molecular weight excluding hydrogens is 658 g/mol. The van der Waals surface area contributed by atoms with Crippen LogP contribution in [0.25, 0.3) is 0 Å². The second-order valence-corrected chi connectivity index (χ2v) is 17.1. The summed E-state index contributed by atoms with van der Waals surface area (Å²) in [6.45, 7) is 5.25. The summed E-state index contributed by atoms with van der Waals surface area (Å²) in [7, 11) is 4.14. The first-order valence-electron chi connectivity index (χ1n) is 23.9. The Morgan fingerprint density at radius 2 is 0.500 bits per heavy atom. The Bertz CT molecular complexity index is 656. The Morgan fingerprint density at radius 3 is 0.673 bits per heavy atom. The van der Waals surface area contributed by atoms with Gasteiger partial charge in [0.25, 0.3) is 0 Å².